The van der Waals surface area contributed by atoms with Crippen LogP contribution in [0.25, 0.3) is 0 Å². The topological polar surface area (TPSA) is 0 Å². The molecule has 0 amide bonds. The highest BCUT2D eigenvalue weighted by Gasteiger charge is 2.39. The Morgan fingerprint density at radius 3 is 1.71 bits per heavy atom. The van der Waals surface area contributed by atoms with Gasteiger partial charge in [0.05, 0.1) is 11.1 Å². The predicted molar refractivity (Wildman–Crippen MR) is 53.0 cm³/mol. The van der Waals surface area contributed by atoms with E-state index in [0.29, 0.717) is 0 Å². The molecule has 0 saturated carbocycles. The van der Waals surface area contributed by atoms with Crippen LogP contribution >= 0.6 is 11.8 Å². The Morgan fingerprint density at radius 1 is 0.882 bits per heavy atom. The highest BCUT2D eigenvalue weighted by molar-refractivity contribution is 7.98. The van der Waals surface area contributed by atoms with Crippen molar-refractivity contribution in [2.24, 2.45) is 0 Å². The molecule has 96 valence electrons. The van der Waals surface area contributed by atoms with Gasteiger partial charge < -0.3 is 0 Å². The summed E-state index contributed by atoms with van der Waals surface area (Å²) in [6.45, 7) is 1.14. The van der Waals surface area contributed by atoms with Crippen LogP contribution in [-0.4, -0.2) is 6.26 Å². The summed E-state index contributed by atoms with van der Waals surface area (Å²) in [7, 11) is 0. The average molecular weight is 274 g/mol. The number of benzene rings is 1. The zero-order valence-corrected chi connectivity index (χ0v) is 9.65. The van der Waals surface area contributed by atoms with Gasteiger partial charge in [-0.3, -0.25) is 0 Å². The number of aryl methyl sites for hydroxylation is 1. The number of thioether (sulfide) groups is 1. The van der Waals surface area contributed by atoms with E-state index < -0.39 is 23.5 Å². The van der Waals surface area contributed by atoms with Crippen LogP contribution in [0.15, 0.2) is 17.0 Å². The Kier molecular flexibility index (Phi) is 3.71. The summed E-state index contributed by atoms with van der Waals surface area (Å²) in [6, 6.07) is 1.08. The van der Waals surface area contributed by atoms with Gasteiger partial charge in [0.25, 0.3) is 0 Å². The molecule has 1 aromatic carbocycles. The molecule has 0 radical (unpaired) electrons. The highest BCUT2D eigenvalue weighted by atomic mass is 32.2. The van der Waals surface area contributed by atoms with E-state index >= 15 is 0 Å². The van der Waals surface area contributed by atoms with Crippen LogP contribution in [-0.2, 0) is 12.4 Å². The maximum atomic E-state index is 12.6. The van der Waals surface area contributed by atoms with Crippen molar-refractivity contribution in [1.29, 1.82) is 0 Å². The highest BCUT2D eigenvalue weighted by Crippen LogP contribution is 2.41. The molecular weight excluding hydrogens is 266 g/mol. The lowest BCUT2D eigenvalue weighted by molar-refractivity contribution is -0.144. The normalized spacial score (nSPS) is 12.9. The summed E-state index contributed by atoms with van der Waals surface area (Å²) in [5.41, 5.74) is -2.71. The summed E-state index contributed by atoms with van der Waals surface area (Å²) < 4.78 is 75.1. The van der Waals surface area contributed by atoms with Crippen molar-refractivity contribution in [2.75, 3.05) is 6.26 Å². The van der Waals surface area contributed by atoms with Crippen molar-refractivity contribution in [1.82, 2.24) is 0 Å². The monoisotopic (exact) mass is 274 g/mol. The molecule has 0 heterocycles. The molecule has 0 nitrogen and oxygen atoms in total. The molecule has 0 aliphatic heterocycles. The van der Waals surface area contributed by atoms with Crippen LogP contribution in [0.3, 0.4) is 0 Å². The third-order valence-corrected chi connectivity index (χ3v) is 2.93. The van der Waals surface area contributed by atoms with Crippen molar-refractivity contribution in [3.05, 3.63) is 28.8 Å². The van der Waals surface area contributed by atoms with Gasteiger partial charge in [0.2, 0.25) is 0 Å². The number of rotatable bonds is 1. The van der Waals surface area contributed by atoms with Gasteiger partial charge in [-0.25, -0.2) is 0 Å². The van der Waals surface area contributed by atoms with Crippen molar-refractivity contribution in [3.63, 3.8) is 0 Å². The van der Waals surface area contributed by atoms with E-state index in [1.165, 1.54) is 6.26 Å². The lowest BCUT2D eigenvalue weighted by Crippen LogP contribution is -2.13. The Hall–Kier alpha value is -0.850. The van der Waals surface area contributed by atoms with Crippen LogP contribution in [0, 0.1) is 6.92 Å². The molecule has 1 rings (SSSR count). The molecule has 0 unspecified atom stereocenters. The fourth-order valence-electron chi connectivity index (χ4n) is 1.38. The number of halogens is 6. The lowest BCUT2D eigenvalue weighted by Gasteiger charge is -2.17. The van der Waals surface area contributed by atoms with E-state index in [-0.39, 0.29) is 16.5 Å². The largest absolute Gasteiger partial charge is 0.417 e. The summed E-state index contributed by atoms with van der Waals surface area (Å²) in [5, 5.41) is 0. The van der Waals surface area contributed by atoms with Gasteiger partial charge in [-0.2, -0.15) is 26.3 Å². The molecule has 0 bridgehead atoms. The second kappa shape index (κ2) is 4.44. The summed E-state index contributed by atoms with van der Waals surface area (Å²) in [6.07, 6.45) is -8.18. The molecule has 0 N–H and O–H groups in total. The SMILES string of the molecule is CSc1cc(C)c(C(F)(F)F)cc1C(F)(F)F. The fourth-order valence-corrected chi connectivity index (χ4v) is 2.07. The minimum atomic E-state index is -4.79. The van der Waals surface area contributed by atoms with Crippen molar-refractivity contribution >= 4 is 11.8 Å². The van der Waals surface area contributed by atoms with Crippen molar-refractivity contribution in [3.8, 4) is 0 Å². The number of alkyl halides is 6. The second-order valence-corrected chi connectivity index (χ2v) is 4.21. The number of hydrogen-bond donors (Lipinski definition) is 0. The Bertz CT molecular complexity index is 418. The molecule has 1 aromatic rings. The van der Waals surface area contributed by atoms with Gasteiger partial charge in [0.1, 0.15) is 0 Å². The lowest BCUT2D eigenvalue weighted by atomic mass is 10.0. The van der Waals surface area contributed by atoms with Crippen LogP contribution in [0.4, 0.5) is 26.3 Å². The zero-order chi connectivity index (χ0) is 13.4. The first-order valence-corrected chi connectivity index (χ1v) is 5.63. The summed E-state index contributed by atoms with van der Waals surface area (Å²) >= 11 is 0.768. The Balaban J connectivity index is 3.49. The van der Waals surface area contributed by atoms with E-state index in [1.54, 1.807) is 0 Å². The smallest absolute Gasteiger partial charge is 0.166 e. The molecule has 0 aromatic heterocycles. The molecule has 0 saturated heterocycles. The van der Waals surface area contributed by atoms with E-state index in [1.807, 2.05) is 0 Å². The molecule has 0 fully saturated rings. The minimum Gasteiger partial charge on any atom is -0.166 e. The van der Waals surface area contributed by atoms with Gasteiger partial charge in [-0.05, 0) is 30.9 Å². The third-order valence-electron chi connectivity index (χ3n) is 2.16. The first-order chi connectivity index (χ1) is 7.57. The molecule has 0 aliphatic rings. The number of hydrogen-bond acceptors (Lipinski definition) is 1. The summed E-state index contributed by atoms with van der Waals surface area (Å²) in [4.78, 5) is -0.206. The zero-order valence-electron chi connectivity index (χ0n) is 8.83. The van der Waals surface area contributed by atoms with Crippen LogP contribution < -0.4 is 0 Å². The first kappa shape index (κ1) is 14.2. The van der Waals surface area contributed by atoms with Crippen molar-refractivity contribution < 1.29 is 26.3 Å². The van der Waals surface area contributed by atoms with Gasteiger partial charge in [0.15, 0.2) is 0 Å². The second-order valence-electron chi connectivity index (χ2n) is 3.36. The standard InChI is InChI=1S/C10H8F6S/c1-5-3-8(17-2)7(10(14,15)16)4-6(5)9(11,12)13/h3-4H,1-2H3. The van der Waals surface area contributed by atoms with E-state index in [9.17, 15) is 26.3 Å². The fraction of sp³-hybridized carbons (Fsp3) is 0.400. The van der Waals surface area contributed by atoms with E-state index in [4.69, 9.17) is 0 Å². The molecule has 17 heavy (non-hydrogen) atoms. The average Bonchev–Trinajstić information content (AvgIpc) is 2.13. The van der Waals surface area contributed by atoms with Gasteiger partial charge in [-0.15, -0.1) is 11.8 Å². The predicted octanol–water partition coefficient (Wildman–Crippen LogP) is 4.75. The van der Waals surface area contributed by atoms with Crippen molar-refractivity contribution in [2.45, 2.75) is 24.2 Å². The van der Waals surface area contributed by atoms with Gasteiger partial charge in [-0.1, -0.05) is 0 Å². The van der Waals surface area contributed by atoms with E-state index in [0.717, 1.165) is 24.8 Å². The molecule has 0 aliphatic carbocycles. The third kappa shape index (κ3) is 3.08. The van der Waals surface area contributed by atoms with Crippen LogP contribution in [0.1, 0.15) is 16.7 Å². The van der Waals surface area contributed by atoms with Crippen LogP contribution in [0.5, 0.6) is 0 Å². The molecule has 7 heteroatoms. The van der Waals surface area contributed by atoms with Gasteiger partial charge in [0, 0.05) is 4.90 Å². The summed E-state index contributed by atoms with van der Waals surface area (Å²) in [5.74, 6) is 0. The Labute approximate surface area is 98.0 Å². The first-order valence-electron chi connectivity index (χ1n) is 4.40. The quantitative estimate of drug-likeness (QED) is 0.526. The maximum absolute atomic E-state index is 12.6. The molecule has 0 spiro atoms. The molecule has 0 atom stereocenters. The Morgan fingerprint density at radius 2 is 1.35 bits per heavy atom. The molecular formula is C10H8F6S. The van der Waals surface area contributed by atoms with Gasteiger partial charge >= 0.3 is 12.4 Å². The minimum absolute atomic E-state index is 0.168. The maximum Gasteiger partial charge on any atom is 0.417 e. The van der Waals surface area contributed by atoms with E-state index in [2.05, 4.69) is 0 Å². The van der Waals surface area contributed by atoms with Crippen LogP contribution in [0.2, 0.25) is 0 Å².